The second-order valence-corrected chi connectivity index (χ2v) is 6.64. The van der Waals surface area contributed by atoms with E-state index >= 15 is 0 Å². The molecule has 1 aliphatic heterocycles. The molecular weight excluding hydrogens is 328 g/mol. The highest BCUT2D eigenvalue weighted by Crippen LogP contribution is 2.16. The third-order valence-electron chi connectivity index (χ3n) is 5.01. The summed E-state index contributed by atoms with van der Waals surface area (Å²) in [5.41, 5.74) is 2.98. The molecule has 2 heterocycles. The Kier molecular flexibility index (Phi) is 5.19. The highest BCUT2D eigenvalue weighted by molar-refractivity contribution is 5.95. The lowest BCUT2D eigenvalue weighted by Gasteiger charge is -2.35. The van der Waals surface area contributed by atoms with Gasteiger partial charge in [-0.3, -0.25) is 14.5 Å². The summed E-state index contributed by atoms with van der Waals surface area (Å²) in [5, 5.41) is 9.11. The number of rotatable bonds is 3. The summed E-state index contributed by atoms with van der Waals surface area (Å²) in [6, 6.07) is 10.2. The van der Waals surface area contributed by atoms with Gasteiger partial charge in [0.1, 0.15) is 11.6 Å². The maximum absolute atomic E-state index is 12.8. The van der Waals surface area contributed by atoms with Gasteiger partial charge in [0.2, 0.25) is 0 Å². The molecule has 1 N–H and O–H groups in total. The Morgan fingerprint density at radius 3 is 2.54 bits per heavy atom. The second-order valence-electron chi connectivity index (χ2n) is 6.64. The molecule has 0 unspecified atom stereocenters. The van der Waals surface area contributed by atoms with E-state index in [-0.39, 0.29) is 11.5 Å². The number of hydrogen-bond donors (Lipinski definition) is 1. The van der Waals surface area contributed by atoms with Crippen molar-refractivity contribution in [3.8, 4) is 6.07 Å². The van der Waals surface area contributed by atoms with Gasteiger partial charge in [-0.25, -0.2) is 0 Å². The van der Waals surface area contributed by atoms with Crippen LogP contribution in [-0.4, -0.2) is 46.9 Å². The van der Waals surface area contributed by atoms with Crippen LogP contribution in [0.15, 0.2) is 35.3 Å². The maximum atomic E-state index is 12.8. The van der Waals surface area contributed by atoms with Crippen molar-refractivity contribution >= 4 is 5.91 Å². The summed E-state index contributed by atoms with van der Waals surface area (Å²) < 4.78 is 0. The number of nitrogens with zero attached hydrogens (tertiary/aromatic N) is 3. The van der Waals surface area contributed by atoms with Crippen molar-refractivity contribution in [1.29, 1.82) is 5.26 Å². The number of benzene rings is 1. The highest BCUT2D eigenvalue weighted by Gasteiger charge is 2.24. The molecule has 1 aromatic carbocycles. The van der Waals surface area contributed by atoms with E-state index in [1.807, 2.05) is 18.2 Å². The normalized spacial score (nSPS) is 14.9. The predicted molar refractivity (Wildman–Crippen MR) is 98.9 cm³/mol. The number of aromatic amines is 1. The van der Waals surface area contributed by atoms with Crippen LogP contribution < -0.4 is 5.56 Å². The van der Waals surface area contributed by atoms with E-state index in [4.69, 9.17) is 5.26 Å². The fourth-order valence-corrected chi connectivity index (χ4v) is 3.29. The van der Waals surface area contributed by atoms with Crippen LogP contribution in [0.5, 0.6) is 0 Å². The molecule has 2 aromatic rings. The molecule has 1 aliphatic rings. The Bertz CT molecular complexity index is 918. The smallest absolute Gasteiger partial charge is 0.266 e. The van der Waals surface area contributed by atoms with Gasteiger partial charge in [-0.2, -0.15) is 5.26 Å². The minimum Gasteiger partial charge on any atom is -0.336 e. The molecule has 0 radical (unpaired) electrons. The first-order valence-electron chi connectivity index (χ1n) is 8.69. The summed E-state index contributed by atoms with van der Waals surface area (Å²) in [7, 11) is 0. The molecular formula is C20H22N4O2. The zero-order valence-corrected chi connectivity index (χ0v) is 15.1. The first-order chi connectivity index (χ1) is 12.5. The summed E-state index contributed by atoms with van der Waals surface area (Å²) in [6.45, 7) is 7.50. The molecule has 0 bridgehead atoms. The number of hydrogen-bond acceptors (Lipinski definition) is 4. The number of nitrogens with one attached hydrogen (secondary N) is 1. The summed E-state index contributed by atoms with van der Waals surface area (Å²) in [4.78, 5) is 31.1. The van der Waals surface area contributed by atoms with Gasteiger partial charge in [-0.1, -0.05) is 24.3 Å². The number of nitriles is 1. The van der Waals surface area contributed by atoms with E-state index in [1.54, 1.807) is 11.8 Å². The Labute approximate surface area is 152 Å². The molecule has 0 atom stereocenters. The molecule has 1 saturated heterocycles. The monoisotopic (exact) mass is 350 g/mol. The average molecular weight is 350 g/mol. The van der Waals surface area contributed by atoms with E-state index in [0.717, 1.165) is 19.6 Å². The van der Waals surface area contributed by atoms with Crippen LogP contribution in [0, 0.1) is 25.2 Å². The van der Waals surface area contributed by atoms with E-state index in [9.17, 15) is 9.59 Å². The number of H-pyrrole nitrogens is 1. The Morgan fingerprint density at radius 1 is 1.19 bits per heavy atom. The molecule has 0 aliphatic carbocycles. The number of piperazine rings is 1. The highest BCUT2D eigenvalue weighted by atomic mass is 16.2. The number of carbonyl (C=O) groups excluding carboxylic acids is 1. The van der Waals surface area contributed by atoms with Crippen molar-refractivity contribution in [3.63, 3.8) is 0 Å². The van der Waals surface area contributed by atoms with Crippen molar-refractivity contribution in [2.75, 3.05) is 26.2 Å². The minimum absolute atomic E-state index is 0.00837. The van der Waals surface area contributed by atoms with Crippen molar-refractivity contribution in [1.82, 2.24) is 14.8 Å². The van der Waals surface area contributed by atoms with Crippen molar-refractivity contribution in [2.24, 2.45) is 0 Å². The Morgan fingerprint density at radius 2 is 1.88 bits per heavy atom. The number of aryl methyl sites for hydroxylation is 1. The van der Waals surface area contributed by atoms with Crippen LogP contribution in [0.25, 0.3) is 0 Å². The zero-order valence-electron chi connectivity index (χ0n) is 15.1. The fraction of sp³-hybridized carbons (Fsp3) is 0.350. The molecule has 0 spiro atoms. The largest absolute Gasteiger partial charge is 0.336 e. The predicted octanol–water partition coefficient (Wildman–Crippen LogP) is 1.82. The molecule has 1 fully saturated rings. The van der Waals surface area contributed by atoms with E-state index in [2.05, 4.69) is 28.9 Å². The number of carbonyl (C=O) groups is 1. The lowest BCUT2D eigenvalue weighted by molar-refractivity contribution is 0.0627. The number of aromatic nitrogens is 1. The third-order valence-corrected chi connectivity index (χ3v) is 5.01. The van der Waals surface area contributed by atoms with E-state index in [0.29, 0.717) is 24.2 Å². The van der Waals surface area contributed by atoms with Gasteiger partial charge in [0.25, 0.3) is 11.5 Å². The van der Waals surface area contributed by atoms with Crippen LogP contribution in [0.3, 0.4) is 0 Å². The number of pyridine rings is 1. The van der Waals surface area contributed by atoms with Gasteiger partial charge in [0, 0.05) is 38.9 Å². The lowest BCUT2D eigenvalue weighted by Crippen LogP contribution is -2.48. The molecule has 26 heavy (non-hydrogen) atoms. The average Bonchev–Trinajstić information content (AvgIpc) is 2.64. The molecule has 6 heteroatoms. The Hall–Kier alpha value is -2.91. The third kappa shape index (κ3) is 3.53. The lowest BCUT2D eigenvalue weighted by atomic mass is 10.0. The van der Waals surface area contributed by atoms with Gasteiger partial charge < -0.3 is 9.88 Å². The fourth-order valence-electron chi connectivity index (χ4n) is 3.29. The standard InChI is InChI=1S/C20H22N4O2/c1-14-5-3-4-6-16(14)13-23-7-9-24(10-8-23)20(26)18-12-22-19(25)17(11-21)15(18)2/h3-6,12H,7-10,13H2,1-2H3,(H,22,25). The summed E-state index contributed by atoms with van der Waals surface area (Å²) in [5.74, 6) is -0.134. The van der Waals surface area contributed by atoms with Crippen LogP contribution in [0.2, 0.25) is 0 Å². The Balaban J connectivity index is 1.67. The minimum atomic E-state index is -0.454. The topological polar surface area (TPSA) is 80.2 Å². The quantitative estimate of drug-likeness (QED) is 0.916. The molecule has 1 amide bonds. The van der Waals surface area contributed by atoms with Crippen LogP contribution in [0.4, 0.5) is 0 Å². The molecule has 6 nitrogen and oxygen atoms in total. The van der Waals surface area contributed by atoms with Crippen molar-refractivity contribution in [3.05, 3.63) is 68.6 Å². The van der Waals surface area contributed by atoms with Crippen LogP contribution in [0.1, 0.15) is 32.6 Å². The van der Waals surface area contributed by atoms with E-state index in [1.165, 1.54) is 17.3 Å². The van der Waals surface area contributed by atoms with Crippen molar-refractivity contribution in [2.45, 2.75) is 20.4 Å². The number of amides is 1. The van der Waals surface area contributed by atoms with Gasteiger partial charge in [0.05, 0.1) is 5.56 Å². The van der Waals surface area contributed by atoms with Gasteiger partial charge >= 0.3 is 0 Å². The van der Waals surface area contributed by atoms with Crippen molar-refractivity contribution < 1.29 is 4.79 Å². The molecule has 3 rings (SSSR count). The van der Waals surface area contributed by atoms with Crippen LogP contribution >= 0.6 is 0 Å². The molecule has 0 saturated carbocycles. The van der Waals surface area contributed by atoms with E-state index < -0.39 is 5.56 Å². The first-order valence-corrected chi connectivity index (χ1v) is 8.69. The van der Waals surface area contributed by atoms with Gasteiger partial charge in [-0.05, 0) is 30.5 Å². The molecule has 134 valence electrons. The van der Waals surface area contributed by atoms with Crippen LogP contribution in [-0.2, 0) is 6.54 Å². The van der Waals surface area contributed by atoms with Gasteiger partial charge in [-0.15, -0.1) is 0 Å². The maximum Gasteiger partial charge on any atom is 0.266 e. The van der Waals surface area contributed by atoms with Gasteiger partial charge in [0.15, 0.2) is 0 Å². The summed E-state index contributed by atoms with van der Waals surface area (Å²) in [6.07, 6.45) is 1.42. The SMILES string of the molecule is Cc1ccccc1CN1CCN(C(=O)c2c[nH]c(=O)c(C#N)c2C)CC1. The second kappa shape index (κ2) is 7.54. The first kappa shape index (κ1) is 17.9. The summed E-state index contributed by atoms with van der Waals surface area (Å²) >= 11 is 0. The zero-order chi connectivity index (χ0) is 18.7. The molecule has 1 aromatic heterocycles.